The zero-order chi connectivity index (χ0) is 8.15. The lowest BCUT2D eigenvalue weighted by molar-refractivity contribution is 0.212. The topological polar surface area (TPSA) is 101 Å². The van der Waals surface area contributed by atoms with E-state index in [0.717, 1.165) is 4.90 Å². The second kappa shape index (κ2) is 3.54. The molecule has 58 valence electrons. The van der Waals surface area contributed by atoms with Crippen molar-refractivity contribution in [2.75, 3.05) is 13.7 Å². The highest BCUT2D eigenvalue weighted by Crippen LogP contribution is 1.74. The summed E-state index contributed by atoms with van der Waals surface area (Å²) in [5, 5.41) is 2.19. The first-order valence-electron chi connectivity index (χ1n) is 2.58. The zero-order valence-electron chi connectivity index (χ0n) is 5.63. The van der Waals surface area contributed by atoms with Crippen LogP contribution in [0.4, 0.5) is 9.59 Å². The molecule has 0 atom stereocenters. The highest BCUT2D eigenvalue weighted by Gasteiger charge is 2.01. The smallest absolute Gasteiger partial charge is 0.315 e. The molecule has 6 nitrogen and oxygen atoms in total. The molecule has 0 saturated heterocycles. The summed E-state index contributed by atoms with van der Waals surface area (Å²) in [7, 11) is 1.44. The number of primary amides is 2. The lowest BCUT2D eigenvalue weighted by atomic mass is 10.8. The summed E-state index contributed by atoms with van der Waals surface area (Å²) < 4.78 is 0. The van der Waals surface area contributed by atoms with Crippen LogP contribution in [0.5, 0.6) is 0 Å². The maximum Gasteiger partial charge on any atom is 0.315 e. The fraction of sp³-hybridized carbons (Fsp3) is 0.500. The third kappa shape index (κ3) is 3.53. The highest BCUT2D eigenvalue weighted by atomic mass is 16.2. The number of rotatable bonds is 2. The molecule has 0 aromatic heterocycles. The second-order valence-electron chi connectivity index (χ2n) is 1.74. The van der Waals surface area contributed by atoms with Gasteiger partial charge in [-0.05, 0) is 0 Å². The summed E-state index contributed by atoms with van der Waals surface area (Å²) >= 11 is 0. The predicted molar refractivity (Wildman–Crippen MR) is 34.9 cm³/mol. The van der Waals surface area contributed by atoms with Gasteiger partial charge in [-0.3, -0.25) is 0 Å². The Kier molecular flexibility index (Phi) is 3.03. The lowest BCUT2D eigenvalue weighted by Gasteiger charge is -2.12. The van der Waals surface area contributed by atoms with E-state index >= 15 is 0 Å². The molecule has 0 aliphatic heterocycles. The molecule has 0 saturated carbocycles. The molecular weight excluding hydrogens is 136 g/mol. The van der Waals surface area contributed by atoms with Crippen molar-refractivity contribution in [2.45, 2.75) is 0 Å². The van der Waals surface area contributed by atoms with E-state index in [0.29, 0.717) is 0 Å². The molecule has 0 radical (unpaired) electrons. The molecule has 6 heteroatoms. The van der Waals surface area contributed by atoms with Crippen molar-refractivity contribution in [3.8, 4) is 0 Å². The first kappa shape index (κ1) is 8.54. The third-order valence-electron chi connectivity index (χ3n) is 0.867. The first-order chi connectivity index (χ1) is 4.54. The maximum absolute atomic E-state index is 10.3. The first-order valence-corrected chi connectivity index (χ1v) is 2.58. The molecule has 0 aliphatic rings. The largest absolute Gasteiger partial charge is 0.352 e. The van der Waals surface area contributed by atoms with Crippen LogP contribution in [0.1, 0.15) is 0 Å². The van der Waals surface area contributed by atoms with Crippen LogP contribution in [-0.2, 0) is 0 Å². The van der Waals surface area contributed by atoms with Gasteiger partial charge in [0, 0.05) is 7.05 Å². The molecule has 0 aromatic carbocycles. The Morgan fingerprint density at radius 2 is 2.00 bits per heavy atom. The Labute approximate surface area is 58.1 Å². The van der Waals surface area contributed by atoms with Crippen LogP contribution in [0.15, 0.2) is 0 Å². The monoisotopic (exact) mass is 146 g/mol. The number of carbonyl (C=O) groups is 2. The van der Waals surface area contributed by atoms with Gasteiger partial charge in [-0.25, -0.2) is 9.59 Å². The van der Waals surface area contributed by atoms with Crippen LogP contribution < -0.4 is 16.8 Å². The molecule has 0 rings (SSSR count). The Bertz CT molecular complexity index is 146. The minimum atomic E-state index is -0.687. The van der Waals surface area contributed by atoms with Gasteiger partial charge in [0.15, 0.2) is 0 Å². The van der Waals surface area contributed by atoms with E-state index in [1.807, 2.05) is 0 Å². The maximum atomic E-state index is 10.3. The SMILES string of the molecule is CN(CNC(N)=O)C(N)=O. The number of amides is 4. The average Bonchev–Trinajstić information content (AvgIpc) is 1.82. The van der Waals surface area contributed by atoms with Gasteiger partial charge in [0.25, 0.3) is 0 Å². The molecular formula is C4H10N4O2. The average molecular weight is 146 g/mol. The van der Waals surface area contributed by atoms with Crippen molar-refractivity contribution in [1.82, 2.24) is 10.2 Å². The van der Waals surface area contributed by atoms with Crippen molar-refractivity contribution in [3.63, 3.8) is 0 Å². The second-order valence-corrected chi connectivity index (χ2v) is 1.74. The normalized spacial score (nSPS) is 8.50. The summed E-state index contributed by atoms with van der Waals surface area (Å²) in [6.07, 6.45) is 0. The molecule has 0 heterocycles. The van der Waals surface area contributed by atoms with Crippen LogP contribution in [0.3, 0.4) is 0 Å². The Morgan fingerprint density at radius 1 is 1.50 bits per heavy atom. The quantitative estimate of drug-likeness (QED) is 0.418. The van der Waals surface area contributed by atoms with Crippen molar-refractivity contribution >= 4 is 12.1 Å². The van der Waals surface area contributed by atoms with E-state index in [1.165, 1.54) is 7.05 Å². The molecule has 10 heavy (non-hydrogen) atoms. The molecule has 5 N–H and O–H groups in total. The minimum Gasteiger partial charge on any atom is -0.352 e. The molecule has 4 amide bonds. The van der Waals surface area contributed by atoms with Gasteiger partial charge in [-0.15, -0.1) is 0 Å². The Hall–Kier alpha value is -1.46. The molecule has 0 unspecified atom stereocenters. The van der Waals surface area contributed by atoms with E-state index < -0.39 is 12.1 Å². The van der Waals surface area contributed by atoms with Crippen LogP contribution in [0.25, 0.3) is 0 Å². The summed E-state index contributed by atoms with van der Waals surface area (Å²) in [5.74, 6) is 0. The number of hydrogen-bond acceptors (Lipinski definition) is 2. The third-order valence-corrected chi connectivity index (χ3v) is 0.867. The van der Waals surface area contributed by atoms with E-state index in [2.05, 4.69) is 5.32 Å². The molecule has 0 bridgehead atoms. The fourth-order valence-electron chi connectivity index (χ4n) is 0.274. The number of hydrogen-bond donors (Lipinski definition) is 3. The number of nitrogens with zero attached hydrogens (tertiary/aromatic N) is 1. The van der Waals surface area contributed by atoms with Gasteiger partial charge >= 0.3 is 12.1 Å². The lowest BCUT2D eigenvalue weighted by Crippen LogP contribution is -2.43. The summed E-state index contributed by atoms with van der Waals surface area (Å²) in [4.78, 5) is 21.4. The van der Waals surface area contributed by atoms with E-state index in [1.54, 1.807) is 0 Å². The molecule has 0 spiro atoms. The van der Waals surface area contributed by atoms with Gasteiger partial charge in [0.1, 0.15) is 0 Å². The molecule has 0 fully saturated rings. The van der Waals surface area contributed by atoms with Gasteiger partial charge in [-0.1, -0.05) is 0 Å². The summed E-state index contributed by atoms with van der Waals surface area (Å²) in [6.45, 7) is 0.0324. The number of nitrogens with two attached hydrogens (primary N) is 2. The van der Waals surface area contributed by atoms with Crippen LogP contribution >= 0.6 is 0 Å². The molecule has 0 aromatic rings. The van der Waals surface area contributed by atoms with Gasteiger partial charge in [0.2, 0.25) is 0 Å². The van der Waals surface area contributed by atoms with Crippen molar-refractivity contribution < 1.29 is 9.59 Å². The van der Waals surface area contributed by atoms with E-state index in [9.17, 15) is 9.59 Å². The van der Waals surface area contributed by atoms with Crippen LogP contribution in [0, 0.1) is 0 Å². The summed E-state index contributed by atoms with van der Waals surface area (Å²) in [5.41, 5.74) is 9.53. The number of carbonyl (C=O) groups excluding carboxylic acids is 2. The Balaban J connectivity index is 3.49. The number of urea groups is 2. The van der Waals surface area contributed by atoms with Gasteiger partial charge in [-0.2, -0.15) is 0 Å². The highest BCUT2D eigenvalue weighted by molar-refractivity contribution is 5.74. The predicted octanol–water partition coefficient (Wildman–Crippen LogP) is -1.38. The van der Waals surface area contributed by atoms with Gasteiger partial charge < -0.3 is 21.7 Å². The Morgan fingerprint density at radius 3 is 2.30 bits per heavy atom. The fourth-order valence-corrected chi connectivity index (χ4v) is 0.274. The minimum absolute atomic E-state index is 0.0324. The van der Waals surface area contributed by atoms with Crippen molar-refractivity contribution in [1.29, 1.82) is 0 Å². The van der Waals surface area contributed by atoms with Crippen molar-refractivity contribution in [3.05, 3.63) is 0 Å². The van der Waals surface area contributed by atoms with Crippen LogP contribution in [-0.4, -0.2) is 30.7 Å². The zero-order valence-corrected chi connectivity index (χ0v) is 5.63. The molecule has 0 aliphatic carbocycles. The van der Waals surface area contributed by atoms with Crippen molar-refractivity contribution in [2.24, 2.45) is 11.5 Å². The standard InChI is InChI=1S/C4H10N4O2/c1-8(4(6)10)2-7-3(5)9/h2H2,1H3,(H2,6,10)(H3,5,7,9). The summed E-state index contributed by atoms with van der Waals surface area (Å²) in [6, 6.07) is -1.30. The van der Waals surface area contributed by atoms with E-state index in [4.69, 9.17) is 11.5 Å². The van der Waals surface area contributed by atoms with E-state index in [-0.39, 0.29) is 6.67 Å². The van der Waals surface area contributed by atoms with Crippen LogP contribution in [0.2, 0.25) is 0 Å². The number of nitrogens with one attached hydrogen (secondary N) is 1. The van der Waals surface area contributed by atoms with Gasteiger partial charge in [0.05, 0.1) is 6.67 Å².